The third-order valence-corrected chi connectivity index (χ3v) is 6.32. The lowest BCUT2D eigenvalue weighted by Gasteiger charge is -2.05. The number of sulfonamides is 1. The molecule has 114 valence electrons. The normalized spacial score (nSPS) is 11.8. The SMILES string of the molecule is CCS(=O)(=O)NC(=O)CSc1ncnc2sc(C)c(C)c12. The second kappa shape index (κ2) is 6.29. The van der Waals surface area contributed by atoms with Crippen LogP contribution in [-0.4, -0.2) is 35.8 Å². The Morgan fingerprint density at radius 2 is 2.10 bits per heavy atom. The van der Waals surface area contributed by atoms with Crippen LogP contribution in [0.25, 0.3) is 10.2 Å². The molecule has 0 aliphatic rings. The largest absolute Gasteiger partial charge is 0.273 e. The standard InChI is InChI=1S/C12H15N3O3S3/c1-4-21(17,18)15-9(16)5-19-11-10-7(2)8(3)20-12(10)14-6-13-11/h6H,4-5H2,1-3H3,(H,15,16). The molecule has 1 amide bonds. The number of hydrogen-bond donors (Lipinski definition) is 1. The highest BCUT2D eigenvalue weighted by Crippen LogP contribution is 2.34. The van der Waals surface area contributed by atoms with E-state index in [4.69, 9.17) is 0 Å². The molecule has 0 bridgehead atoms. The molecule has 0 saturated heterocycles. The fraction of sp³-hybridized carbons (Fsp3) is 0.417. The Morgan fingerprint density at radius 3 is 2.76 bits per heavy atom. The van der Waals surface area contributed by atoms with Crippen molar-refractivity contribution in [3.05, 3.63) is 16.8 Å². The smallest absolute Gasteiger partial charge is 0.243 e. The Labute approximate surface area is 131 Å². The molecule has 0 aliphatic carbocycles. The first kappa shape index (κ1) is 16.2. The van der Waals surface area contributed by atoms with E-state index >= 15 is 0 Å². The fourth-order valence-electron chi connectivity index (χ4n) is 1.67. The lowest BCUT2D eigenvalue weighted by Crippen LogP contribution is -2.33. The van der Waals surface area contributed by atoms with Crippen LogP contribution >= 0.6 is 23.1 Å². The molecular weight excluding hydrogens is 330 g/mol. The van der Waals surface area contributed by atoms with Crippen LogP contribution in [0.3, 0.4) is 0 Å². The van der Waals surface area contributed by atoms with Crippen LogP contribution in [0, 0.1) is 13.8 Å². The van der Waals surface area contributed by atoms with Gasteiger partial charge in [0.25, 0.3) is 0 Å². The Morgan fingerprint density at radius 1 is 1.38 bits per heavy atom. The first-order valence-electron chi connectivity index (χ1n) is 6.21. The number of nitrogens with one attached hydrogen (secondary N) is 1. The molecule has 6 nitrogen and oxygen atoms in total. The van der Waals surface area contributed by atoms with Crippen molar-refractivity contribution < 1.29 is 13.2 Å². The Bertz CT molecular complexity index is 784. The van der Waals surface area contributed by atoms with Crippen LogP contribution in [-0.2, 0) is 14.8 Å². The number of aromatic nitrogens is 2. The summed E-state index contributed by atoms with van der Waals surface area (Å²) in [5.41, 5.74) is 1.10. The van der Waals surface area contributed by atoms with Crippen LogP contribution in [0.2, 0.25) is 0 Å². The van der Waals surface area contributed by atoms with E-state index in [9.17, 15) is 13.2 Å². The first-order chi connectivity index (χ1) is 9.84. The third kappa shape index (κ3) is 3.72. The van der Waals surface area contributed by atoms with Gasteiger partial charge in [-0.3, -0.25) is 9.52 Å². The van der Waals surface area contributed by atoms with Crippen molar-refractivity contribution in [2.45, 2.75) is 25.8 Å². The number of aryl methyl sites for hydroxylation is 2. The molecule has 9 heteroatoms. The lowest BCUT2D eigenvalue weighted by atomic mass is 10.2. The summed E-state index contributed by atoms with van der Waals surface area (Å²) in [5, 5.41) is 1.64. The van der Waals surface area contributed by atoms with Crippen LogP contribution in [0.1, 0.15) is 17.4 Å². The molecule has 0 aromatic carbocycles. The minimum atomic E-state index is -3.51. The van der Waals surface area contributed by atoms with E-state index in [1.165, 1.54) is 25.0 Å². The second-order valence-electron chi connectivity index (χ2n) is 4.36. The van der Waals surface area contributed by atoms with E-state index < -0.39 is 15.9 Å². The fourth-order valence-corrected chi connectivity index (χ4v) is 4.24. The molecule has 1 N–H and O–H groups in total. The number of carbonyl (C=O) groups excluding carboxylic acids is 1. The van der Waals surface area contributed by atoms with Gasteiger partial charge in [-0.05, 0) is 26.3 Å². The summed E-state index contributed by atoms with van der Waals surface area (Å²) in [6.07, 6.45) is 1.46. The van der Waals surface area contributed by atoms with Gasteiger partial charge in [0.15, 0.2) is 0 Å². The molecule has 2 aromatic heterocycles. The summed E-state index contributed by atoms with van der Waals surface area (Å²) in [5.74, 6) is -0.665. The highest BCUT2D eigenvalue weighted by Gasteiger charge is 2.16. The van der Waals surface area contributed by atoms with E-state index in [2.05, 4.69) is 9.97 Å². The summed E-state index contributed by atoms with van der Waals surface area (Å²) in [6, 6.07) is 0. The number of fused-ring (bicyclic) bond motifs is 1. The van der Waals surface area contributed by atoms with Crippen molar-refractivity contribution in [2.24, 2.45) is 0 Å². The van der Waals surface area contributed by atoms with Crippen molar-refractivity contribution in [1.82, 2.24) is 14.7 Å². The van der Waals surface area contributed by atoms with E-state index in [1.54, 1.807) is 11.3 Å². The van der Waals surface area contributed by atoms with Gasteiger partial charge in [-0.1, -0.05) is 11.8 Å². The van der Waals surface area contributed by atoms with Crippen molar-refractivity contribution in [2.75, 3.05) is 11.5 Å². The van der Waals surface area contributed by atoms with E-state index in [0.29, 0.717) is 5.03 Å². The lowest BCUT2D eigenvalue weighted by molar-refractivity contribution is -0.116. The molecule has 21 heavy (non-hydrogen) atoms. The summed E-state index contributed by atoms with van der Waals surface area (Å²) >= 11 is 2.80. The number of thiophene rings is 1. The molecule has 0 fully saturated rings. The molecular formula is C12H15N3O3S3. The van der Waals surface area contributed by atoms with Crippen LogP contribution in [0.4, 0.5) is 0 Å². The highest BCUT2D eigenvalue weighted by atomic mass is 32.2. The molecule has 2 heterocycles. The predicted octanol–water partition coefficient (Wildman–Crippen LogP) is 1.87. The maximum Gasteiger partial charge on any atom is 0.243 e. The zero-order valence-corrected chi connectivity index (χ0v) is 14.3. The van der Waals surface area contributed by atoms with Gasteiger partial charge >= 0.3 is 0 Å². The molecule has 0 unspecified atom stereocenters. The summed E-state index contributed by atoms with van der Waals surface area (Å²) in [7, 11) is -3.51. The number of thioether (sulfide) groups is 1. The summed E-state index contributed by atoms with van der Waals surface area (Å²) in [4.78, 5) is 22.1. The first-order valence-corrected chi connectivity index (χ1v) is 9.66. The van der Waals surface area contributed by atoms with Crippen molar-refractivity contribution >= 4 is 49.2 Å². The molecule has 0 saturated carbocycles. The zero-order chi connectivity index (χ0) is 15.6. The van der Waals surface area contributed by atoms with Gasteiger partial charge in [-0.15, -0.1) is 11.3 Å². The van der Waals surface area contributed by atoms with Gasteiger partial charge < -0.3 is 0 Å². The highest BCUT2D eigenvalue weighted by molar-refractivity contribution is 8.00. The summed E-state index contributed by atoms with van der Waals surface area (Å²) < 4.78 is 24.7. The quantitative estimate of drug-likeness (QED) is 0.657. The van der Waals surface area contributed by atoms with Gasteiger partial charge in [-0.25, -0.2) is 18.4 Å². The van der Waals surface area contributed by atoms with Gasteiger partial charge in [0.2, 0.25) is 15.9 Å². The number of carbonyl (C=O) groups is 1. The predicted molar refractivity (Wildman–Crippen MR) is 85.2 cm³/mol. The van der Waals surface area contributed by atoms with E-state index in [0.717, 1.165) is 20.7 Å². The molecule has 2 rings (SSSR count). The zero-order valence-electron chi connectivity index (χ0n) is 11.8. The Kier molecular flexibility index (Phi) is 4.84. The molecule has 0 radical (unpaired) electrons. The number of nitrogens with zero attached hydrogens (tertiary/aromatic N) is 2. The van der Waals surface area contributed by atoms with Crippen molar-refractivity contribution in [3.63, 3.8) is 0 Å². The van der Waals surface area contributed by atoms with Gasteiger partial charge in [0.05, 0.1) is 11.5 Å². The monoisotopic (exact) mass is 345 g/mol. The minimum Gasteiger partial charge on any atom is -0.273 e. The van der Waals surface area contributed by atoms with Gasteiger partial charge in [-0.2, -0.15) is 0 Å². The number of amides is 1. The van der Waals surface area contributed by atoms with Crippen molar-refractivity contribution in [3.8, 4) is 0 Å². The molecule has 0 spiro atoms. The van der Waals surface area contributed by atoms with E-state index in [1.807, 2.05) is 18.6 Å². The maximum atomic E-state index is 11.7. The second-order valence-corrected chi connectivity index (χ2v) is 8.54. The van der Waals surface area contributed by atoms with E-state index in [-0.39, 0.29) is 11.5 Å². The third-order valence-electron chi connectivity index (χ3n) is 2.92. The summed E-state index contributed by atoms with van der Waals surface area (Å²) in [6.45, 7) is 5.48. The number of hydrogen-bond acceptors (Lipinski definition) is 7. The average molecular weight is 345 g/mol. The topological polar surface area (TPSA) is 89.0 Å². The maximum absolute atomic E-state index is 11.7. The molecule has 2 aromatic rings. The van der Waals surface area contributed by atoms with Crippen LogP contribution < -0.4 is 4.72 Å². The number of rotatable bonds is 5. The Balaban J connectivity index is 2.16. The van der Waals surface area contributed by atoms with Crippen LogP contribution in [0.5, 0.6) is 0 Å². The van der Waals surface area contributed by atoms with Crippen molar-refractivity contribution in [1.29, 1.82) is 0 Å². The van der Waals surface area contributed by atoms with Gasteiger partial charge in [0, 0.05) is 10.3 Å². The molecule has 0 aliphatic heterocycles. The average Bonchev–Trinajstić information content (AvgIpc) is 2.72. The van der Waals surface area contributed by atoms with Gasteiger partial charge in [0.1, 0.15) is 16.2 Å². The molecule has 0 atom stereocenters. The Hall–Kier alpha value is -1.19. The minimum absolute atomic E-state index is 0.000320. The van der Waals surface area contributed by atoms with Crippen LogP contribution in [0.15, 0.2) is 11.4 Å².